The van der Waals surface area contributed by atoms with E-state index in [0.29, 0.717) is 17.8 Å². The van der Waals surface area contributed by atoms with Gasteiger partial charge in [-0.1, -0.05) is 0 Å². The zero-order chi connectivity index (χ0) is 24.7. The highest BCUT2D eigenvalue weighted by Gasteiger charge is 2.52. The van der Waals surface area contributed by atoms with Crippen molar-refractivity contribution in [2.24, 2.45) is 7.05 Å². The normalized spacial score (nSPS) is 22.4. The van der Waals surface area contributed by atoms with E-state index in [9.17, 15) is 26.0 Å². The number of nitrogens with zero attached hydrogens (tertiary/aromatic N) is 4. The van der Waals surface area contributed by atoms with Crippen LogP contribution < -0.4 is 9.46 Å². The Hall–Kier alpha value is -3.22. The van der Waals surface area contributed by atoms with E-state index in [2.05, 4.69) is 15.1 Å². The largest absolute Gasteiger partial charge is 0.486 e. The molecule has 34 heavy (non-hydrogen) atoms. The molecule has 8 nitrogen and oxygen atoms in total. The Morgan fingerprint density at radius 3 is 2.47 bits per heavy atom. The summed E-state index contributed by atoms with van der Waals surface area (Å²) in [4.78, 5) is 6.04. The smallest absolute Gasteiger partial charge is 0.268 e. The summed E-state index contributed by atoms with van der Waals surface area (Å²) in [7, 11) is -3.03. The Labute approximate surface area is 193 Å². The first-order valence-electron chi connectivity index (χ1n) is 10.2. The van der Waals surface area contributed by atoms with Crippen molar-refractivity contribution in [1.29, 1.82) is 0 Å². The molecule has 1 saturated carbocycles. The van der Waals surface area contributed by atoms with Crippen molar-refractivity contribution >= 4 is 15.8 Å². The predicted molar refractivity (Wildman–Crippen MR) is 113 cm³/mol. The summed E-state index contributed by atoms with van der Waals surface area (Å²) in [5.74, 6) is -7.09. The minimum absolute atomic E-state index is 0.0588. The van der Waals surface area contributed by atoms with E-state index in [1.807, 2.05) is 4.72 Å². The van der Waals surface area contributed by atoms with Crippen LogP contribution in [0, 0.1) is 11.6 Å². The van der Waals surface area contributed by atoms with E-state index in [0.717, 1.165) is 6.33 Å². The summed E-state index contributed by atoms with van der Waals surface area (Å²) in [6.07, 6.45) is 2.80. The number of ether oxygens (including phenoxy) is 1. The molecule has 1 N–H and O–H groups in total. The lowest BCUT2D eigenvalue weighted by atomic mass is 9.73. The van der Waals surface area contributed by atoms with Crippen molar-refractivity contribution in [3.8, 4) is 5.75 Å². The van der Waals surface area contributed by atoms with Crippen LogP contribution in [0.5, 0.6) is 5.75 Å². The molecule has 0 amide bonds. The van der Waals surface area contributed by atoms with Gasteiger partial charge in [0.05, 0.1) is 6.42 Å². The molecule has 2 heterocycles. The Morgan fingerprint density at radius 1 is 1.18 bits per heavy atom. The maximum absolute atomic E-state index is 14.8. The van der Waals surface area contributed by atoms with Crippen LogP contribution >= 0.6 is 0 Å². The molecule has 1 aliphatic rings. The van der Waals surface area contributed by atoms with Gasteiger partial charge in [-0.2, -0.15) is 5.10 Å². The van der Waals surface area contributed by atoms with Crippen LogP contribution in [0.15, 0.2) is 47.9 Å². The Bertz CT molecular complexity index is 1280. The van der Waals surface area contributed by atoms with E-state index in [4.69, 9.17) is 4.74 Å². The Balaban J connectivity index is 1.67. The summed E-state index contributed by atoms with van der Waals surface area (Å²) in [5.41, 5.74) is -0.916. The number of benzene rings is 1. The first kappa shape index (κ1) is 23.9. The van der Waals surface area contributed by atoms with Gasteiger partial charge < -0.3 is 4.74 Å². The van der Waals surface area contributed by atoms with Crippen molar-refractivity contribution in [2.75, 3.05) is 4.72 Å². The molecule has 0 spiro atoms. The molecule has 4 rings (SSSR count). The van der Waals surface area contributed by atoms with Crippen molar-refractivity contribution in [3.05, 3.63) is 60.3 Å². The van der Waals surface area contributed by atoms with Gasteiger partial charge in [0, 0.05) is 49.6 Å². The third-order valence-electron chi connectivity index (χ3n) is 5.77. The Kier molecular flexibility index (Phi) is 6.00. The van der Waals surface area contributed by atoms with Gasteiger partial charge in [-0.3, -0.25) is 9.40 Å². The quantitative estimate of drug-likeness (QED) is 0.515. The van der Waals surface area contributed by atoms with Gasteiger partial charge >= 0.3 is 0 Å². The minimum Gasteiger partial charge on any atom is -0.486 e. The fraction of sp³-hybridized carbons (Fsp3) is 0.381. The third-order valence-corrected chi connectivity index (χ3v) is 7.18. The molecular weight excluding hydrogens is 478 g/mol. The van der Waals surface area contributed by atoms with E-state index >= 15 is 0 Å². The molecule has 182 valence electrons. The topological polar surface area (TPSA) is 99.0 Å². The second kappa shape index (κ2) is 8.53. The average molecular weight is 499 g/mol. The first-order chi connectivity index (χ1) is 15.9. The number of nitrogens with one attached hydrogen (secondary N) is 1. The monoisotopic (exact) mass is 499 g/mol. The highest BCUT2D eigenvalue weighted by atomic mass is 32.2. The second-order valence-electron chi connectivity index (χ2n) is 8.33. The number of hydrogen-bond donors (Lipinski definition) is 1. The number of aromatic nitrogens is 4. The highest BCUT2D eigenvalue weighted by Crippen LogP contribution is 2.49. The molecule has 13 heteroatoms. The molecule has 0 radical (unpaired) electrons. The zero-order valence-corrected chi connectivity index (χ0v) is 19.0. The van der Waals surface area contributed by atoms with Gasteiger partial charge in [-0.25, -0.2) is 35.9 Å². The number of anilines is 1. The number of rotatable bonds is 6. The van der Waals surface area contributed by atoms with Gasteiger partial charge in [0.1, 0.15) is 35.1 Å². The zero-order valence-electron chi connectivity index (χ0n) is 18.2. The molecule has 1 unspecified atom stereocenters. The maximum Gasteiger partial charge on any atom is 0.268 e. The number of halogens is 4. The molecule has 0 aliphatic heterocycles. The molecule has 1 aliphatic carbocycles. The van der Waals surface area contributed by atoms with Crippen molar-refractivity contribution in [1.82, 2.24) is 19.7 Å². The third kappa shape index (κ3) is 4.69. The summed E-state index contributed by atoms with van der Waals surface area (Å²) >= 11 is 0. The van der Waals surface area contributed by atoms with Crippen LogP contribution in [-0.2, 0) is 17.1 Å². The molecule has 3 aromatic rings. The summed E-state index contributed by atoms with van der Waals surface area (Å²) in [6, 6.07) is 4.20. The van der Waals surface area contributed by atoms with Crippen LogP contribution in [0.3, 0.4) is 0 Å². The molecular formula is C21H21F4N5O3S. The molecule has 2 aromatic heterocycles. The number of hydrogen-bond acceptors (Lipinski definition) is 6. The molecule has 2 atom stereocenters. The fourth-order valence-electron chi connectivity index (χ4n) is 4.34. The van der Waals surface area contributed by atoms with Crippen LogP contribution in [0.4, 0.5) is 23.4 Å². The molecule has 1 fully saturated rings. The van der Waals surface area contributed by atoms with Gasteiger partial charge in [-0.15, -0.1) is 0 Å². The second-order valence-corrected chi connectivity index (χ2v) is 9.95. The molecule has 0 bridgehead atoms. The van der Waals surface area contributed by atoms with Crippen molar-refractivity contribution in [3.63, 3.8) is 0 Å². The summed E-state index contributed by atoms with van der Waals surface area (Å²) < 4.78 is 92.7. The van der Waals surface area contributed by atoms with Gasteiger partial charge in [0.15, 0.2) is 4.90 Å². The summed E-state index contributed by atoms with van der Waals surface area (Å²) in [6.45, 7) is 1.44. The summed E-state index contributed by atoms with van der Waals surface area (Å²) in [5, 5.41) is 4.07. The van der Waals surface area contributed by atoms with E-state index in [1.54, 1.807) is 13.1 Å². The van der Waals surface area contributed by atoms with Gasteiger partial charge in [0.2, 0.25) is 0 Å². The lowest BCUT2D eigenvalue weighted by Gasteiger charge is -2.44. The number of alkyl halides is 2. The lowest BCUT2D eigenvalue weighted by Crippen LogP contribution is -2.49. The molecule has 0 saturated heterocycles. The van der Waals surface area contributed by atoms with E-state index in [1.165, 1.54) is 30.1 Å². The van der Waals surface area contributed by atoms with Crippen LogP contribution in [-0.4, -0.2) is 39.7 Å². The fourth-order valence-corrected chi connectivity index (χ4v) is 5.47. The van der Waals surface area contributed by atoms with Crippen molar-refractivity contribution < 1.29 is 30.7 Å². The maximum atomic E-state index is 14.8. The van der Waals surface area contributed by atoms with Crippen LogP contribution in [0.25, 0.3) is 0 Å². The Morgan fingerprint density at radius 2 is 1.88 bits per heavy atom. The lowest BCUT2D eigenvalue weighted by molar-refractivity contribution is -0.117. The number of sulfonamides is 1. The van der Waals surface area contributed by atoms with Crippen molar-refractivity contribution in [2.45, 2.75) is 48.5 Å². The van der Waals surface area contributed by atoms with E-state index < -0.39 is 56.2 Å². The van der Waals surface area contributed by atoms with Gasteiger partial charge in [-0.05, 0) is 25.5 Å². The minimum atomic E-state index is -4.69. The SMILES string of the molecule is Cn1nccc1C1CCC(F)(F)C[C@@]1(C)Oc1cc(F)c(S(=O)(=O)Nc2ccncn2)c(F)c1. The predicted octanol–water partition coefficient (Wildman–Crippen LogP) is 4.03. The number of aryl methyl sites for hydroxylation is 1. The van der Waals surface area contributed by atoms with E-state index in [-0.39, 0.29) is 18.7 Å². The van der Waals surface area contributed by atoms with Crippen LogP contribution in [0.1, 0.15) is 37.8 Å². The first-order valence-corrected chi connectivity index (χ1v) is 11.7. The highest BCUT2D eigenvalue weighted by molar-refractivity contribution is 7.92. The van der Waals surface area contributed by atoms with Crippen LogP contribution in [0.2, 0.25) is 0 Å². The average Bonchev–Trinajstić information content (AvgIpc) is 3.12. The molecule has 1 aromatic carbocycles. The van der Waals surface area contributed by atoms with Gasteiger partial charge in [0.25, 0.3) is 15.9 Å². The standard InChI is InChI=1S/C21H21F4N5O3S/c1-20(11-21(24,25)6-3-14(20)17-4-8-28-30(17)2)33-13-9-15(22)19(16(23)10-13)34(31,32)29-18-5-7-26-12-27-18/h4-5,7-10,12,14H,3,6,11H2,1-2H3,(H,26,27,29)/t14?,20-/m1/s1.